The van der Waals surface area contributed by atoms with Gasteiger partial charge >= 0.3 is 6.18 Å². The van der Waals surface area contributed by atoms with Gasteiger partial charge in [0, 0.05) is 22.7 Å². The Morgan fingerprint density at radius 3 is 2.67 bits per heavy atom. The Hall–Kier alpha value is -1.18. The van der Waals surface area contributed by atoms with Crippen molar-refractivity contribution in [2.75, 3.05) is 10.7 Å². The van der Waals surface area contributed by atoms with Gasteiger partial charge < -0.3 is 4.90 Å². The van der Waals surface area contributed by atoms with Gasteiger partial charge in [-0.2, -0.15) is 13.2 Å². The van der Waals surface area contributed by atoms with Crippen LogP contribution in [0.4, 0.5) is 18.9 Å². The van der Waals surface area contributed by atoms with Crippen molar-refractivity contribution in [2.45, 2.75) is 25.0 Å². The van der Waals surface area contributed by atoms with Gasteiger partial charge in [0.05, 0.1) is 16.3 Å². The number of aryl methyl sites for hydroxylation is 1. The molecule has 0 aliphatic carbocycles. The van der Waals surface area contributed by atoms with E-state index in [-0.39, 0.29) is 5.75 Å². The molecule has 0 spiro atoms. The molecule has 1 atom stereocenters. The van der Waals surface area contributed by atoms with Crippen LogP contribution in [-0.4, -0.2) is 17.4 Å². The Morgan fingerprint density at radius 1 is 1.29 bits per heavy atom. The van der Waals surface area contributed by atoms with Gasteiger partial charge in [-0.05, 0) is 42.1 Å². The molecule has 24 heavy (non-hydrogen) atoms. The summed E-state index contributed by atoms with van der Waals surface area (Å²) in [7, 11) is 0. The number of halogens is 4. The second kappa shape index (κ2) is 6.98. The first-order valence-corrected chi connectivity index (χ1v) is 9.50. The summed E-state index contributed by atoms with van der Waals surface area (Å²) in [4.78, 5) is 6.57. The first kappa shape index (κ1) is 17.6. The largest absolute Gasteiger partial charge is 0.389 e. The molecule has 0 radical (unpaired) electrons. The molecule has 1 aromatic carbocycles. The lowest BCUT2D eigenvalue weighted by molar-refractivity contribution is -0.129. The van der Waals surface area contributed by atoms with E-state index in [2.05, 4.69) is 4.99 Å². The number of rotatable bonds is 4. The highest BCUT2D eigenvalue weighted by Crippen LogP contribution is 2.30. The maximum atomic E-state index is 12.4. The number of thioether (sulfide) groups is 1. The Labute approximate surface area is 150 Å². The highest BCUT2D eigenvalue weighted by Gasteiger charge is 2.28. The Morgan fingerprint density at radius 2 is 2.00 bits per heavy atom. The predicted molar refractivity (Wildman–Crippen MR) is 95.2 cm³/mol. The van der Waals surface area contributed by atoms with Crippen molar-refractivity contribution in [3.8, 4) is 0 Å². The smallest absolute Gasteiger partial charge is 0.315 e. The Bertz CT molecular complexity index is 830. The van der Waals surface area contributed by atoms with Gasteiger partial charge in [-0.1, -0.05) is 11.6 Å². The lowest BCUT2D eigenvalue weighted by atomic mass is 10.3. The zero-order valence-electron chi connectivity index (χ0n) is 12.7. The summed E-state index contributed by atoms with van der Waals surface area (Å²) in [6.07, 6.45) is -3.03. The summed E-state index contributed by atoms with van der Waals surface area (Å²) in [6.45, 7) is 1.96. The lowest BCUT2D eigenvalue weighted by Gasteiger charge is -2.29. The van der Waals surface area contributed by atoms with Crippen LogP contribution in [0.3, 0.4) is 0 Å². The van der Waals surface area contributed by atoms with Crippen molar-refractivity contribution in [1.29, 1.82) is 0 Å². The van der Waals surface area contributed by atoms with Crippen molar-refractivity contribution in [1.82, 2.24) is 0 Å². The number of benzene rings is 1. The van der Waals surface area contributed by atoms with E-state index in [4.69, 9.17) is 11.6 Å². The van der Waals surface area contributed by atoms with E-state index in [1.165, 1.54) is 11.8 Å². The fraction of sp³-hybridized carbons (Fsp3) is 0.312. The van der Waals surface area contributed by atoms with Crippen LogP contribution in [0.5, 0.6) is 0 Å². The number of hydrogen-bond donors (Lipinski definition) is 0. The van der Waals surface area contributed by atoms with E-state index >= 15 is 0 Å². The van der Waals surface area contributed by atoms with Gasteiger partial charge in [0.25, 0.3) is 0 Å². The van der Waals surface area contributed by atoms with E-state index in [1.807, 2.05) is 35.5 Å². The molecule has 2 aromatic rings. The van der Waals surface area contributed by atoms with Crippen LogP contribution in [-0.2, 0) is 0 Å². The van der Waals surface area contributed by atoms with E-state index in [1.54, 1.807) is 23.5 Å². The maximum absolute atomic E-state index is 12.4. The molecule has 2 heterocycles. The third-order valence-corrected chi connectivity index (χ3v) is 5.83. The number of alkyl halides is 3. The molecular formula is C16H14ClF3N2S2. The first-order chi connectivity index (χ1) is 11.3. The van der Waals surface area contributed by atoms with E-state index in [0.717, 1.165) is 21.1 Å². The summed E-state index contributed by atoms with van der Waals surface area (Å²) in [5, 5.41) is 3.49. The highest BCUT2D eigenvalue weighted by atomic mass is 35.5. The molecule has 0 amide bonds. The van der Waals surface area contributed by atoms with Crippen LogP contribution in [0.15, 0.2) is 34.6 Å². The minimum atomic E-state index is -4.15. The third-order valence-electron chi connectivity index (χ3n) is 3.48. The van der Waals surface area contributed by atoms with Crippen LogP contribution >= 0.6 is 34.7 Å². The molecule has 0 N–H and O–H groups in total. The first-order valence-electron chi connectivity index (χ1n) is 7.19. The molecule has 1 unspecified atom stereocenters. The third kappa shape index (κ3) is 4.07. The van der Waals surface area contributed by atoms with Crippen LogP contribution in [0, 0.1) is 6.92 Å². The van der Waals surface area contributed by atoms with Crippen LogP contribution in [0.1, 0.15) is 12.0 Å². The van der Waals surface area contributed by atoms with Gasteiger partial charge in [0.1, 0.15) is 0 Å². The quantitative estimate of drug-likeness (QED) is 0.760. The van der Waals surface area contributed by atoms with Crippen LogP contribution < -0.4 is 14.8 Å². The molecule has 3 rings (SSSR count). The fourth-order valence-corrected chi connectivity index (χ4v) is 4.41. The fourth-order valence-electron chi connectivity index (χ4n) is 2.29. The van der Waals surface area contributed by atoms with Crippen molar-refractivity contribution in [3.63, 3.8) is 0 Å². The summed E-state index contributed by atoms with van der Waals surface area (Å²) < 4.78 is 38.4. The van der Waals surface area contributed by atoms with E-state index < -0.39 is 18.1 Å². The number of thiophene rings is 1. The summed E-state index contributed by atoms with van der Waals surface area (Å²) in [6, 6.07) is 7.21. The SMILES string of the molecule is Cc1csc2c1=NC(SCCC(F)(F)F)N(c1ccc(Cl)cc1)C=2. The van der Waals surface area contributed by atoms with Crippen molar-refractivity contribution < 1.29 is 13.2 Å². The molecule has 128 valence electrons. The molecule has 0 fully saturated rings. The highest BCUT2D eigenvalue weighted by molar-refractivity contribution is 8.00. The average Bonchev–Trinajstić information content (AvgIpc) is 2.87. The second-order valence-corrected chi connectivity index (χ2v) is 7.85. The summed E-state index contributed by atoms with van der Waals surface area (Å²) in [5.41, 5.74) is 1.47. The van der Waals surface area contributed by atoms with Gasteiger partial charge in [-0.15, -0.1) is 23.1 Å². The number of nitrogens with zero attached hydrogens (tertiary/aromatic N) is 2. The number of anilines is 1. The number of hydrogen-bond acceptors (Lipinski definition) is 4. The van der Waals surface area contributed by atoms with Crippen molar-refractivity contribution in [2.24, 2.45) is 4.99 Å². The van der Waals surface area contributed by atoms with Crippen LogP contribution in [0.2, 0.25) is 5.02 Å². The van der Waals surface area contributed by atoms with E-state index in [0.29, 0.717) is 5.02 Å². The standard InChI is InChI=1S/C16H14ClF3N2S2/c1-10-9-24-13-8-22(12-4-2-11(17)3-5-12)15(21-14(10)13)23-7-6-16(18,19)20/h2-5,8-9,15H,6-7H2,1H3. The molecule has 2 nitrogen and oxygen atoms in total. The van der Waals surface area contributed by atoms with Crippen LogP contribution in [0.25, 0.3) is 6.20 Å². The zero-order valence-corrected chi connectivity index (χ0v) is 15.1. The molecule has 0 saturated heterocycles. The second-order valence-electron chi connectivity index (χ2n) is 5.34. The molecule has 0 bridgehead atoms. The Kier molecular flexibility index (Phi) is 5.13. The predicted octanol–water partition coefficient (Wildman–Crippen LogP) is 4.56. The zero-order chi connectivity index (χ0) is 17.3. The average molecular weight is 391 g/mol. The normalized spacial score (nSPS) is 17.2. The molecule has 8 heteroatoms. The lowest BCUT2D eigenvalue weighted by Crippen LogP contribution is -2.39. The topological polar surface area (TPSA) is 15.6 Å². The maximum Gasteiger partial charge on any atom is 0.389 e. The molecule has 0 saturated carbocycles. The van der Waals surface area contributed by atoms with Gasteiger partial charge in [0.2, 0.25) is 0 Å². The molecular weight excluding hydrogens is 377 g/mol. The minimum Gasteiger partial charge on any atom is -0.315 e. The van der Waals surface area contributed by atoms with Gasteiger partial charge in [-0.25, -0.2) is 4.99 Å². The van der Waals surface area contributed by atoms with Crippen molar-refractivity contribution >= 4 is 46.6 Å². The summed E-state index contributed by atoms with van der Waals surface area (Å²) in [5.74, 6) is -0.0336. The molecule has 1 aliphatic heterocycles. The van der Waals surface area contributed by atoms with Gasteiger partial charge in [-0.3, -0.25) is 0 Å². The van der Waals surface area contributed by atoms with E-state index in [9.17, 15) is 13.2 Å². The monoisotopic (exact) mass is 390 g/mol. The number of fused-ring (bicyclic) bond motifs is 1. The molecule has 1 aliphatic rings. The van der Waals surface area contributed by atoms with Gasteiger partial charge in [0.15, 0.2) is 5.50 Å². The Balaban J connectivity index is 1.91. The molecule has 1 aromatic heterocycles. The summed E-state index contributed by atoms with van der Waals surface area (Å²) >= 11 is 8.69. The minimum absolute atomic E-state index is 0.0336. The van der Waals surface area contributed by atoms with Crippen molar-refractivity contribution in [3.05, 3.63) is 50.1 Å².